The monoisotopic (exact) mass is 531 g/mol. The summed E-state index contributed by atoms with van der Waals surface area (Å²) < 4.78 is 15.3. The van der Waals surface area contributed by atoms with Gasteiger partial charge in [-0.05, 0) is 36.2 Å². The Bertz CT molecular complexity index is 1140. The van der Waals surface area contributed by atoms with Crippen LogP contribution in [0.15, 0.2) is 42.5 Å². The zero-order valence-electron chi connectivity index (χ0n) is 20.8. The molecule has 0 aromatic heterocycles. The van der Waals surface area contributed by atoms with Crippen LogP contribution >= 0.6 is 11.6 Å². The van der Waals surface area contributed by atoms with Crippen molar-refractivity contribution in [1.29, 1.82) is 0 Å². The molecule has 2 aromatic carbocycles. The van der Waals surface area contributed by atoms with Gasteiger partial charge in [-0.1, -0.05) is 29.8 Å². The summed E-state index contributed by atoms with van der Waals surface area (Å²) in [7, 11) is 1.59. The number of para-hydroxylation sites is 1. The third-order valence-electron chi connectivity index (χ3n) is 5.55. The summed E-state index contributed by atoms with van der Waals surface area (Å²) in [5.41, 5.74) is 1.50. The van der Waals surface area contributed by atoms with Gasteiger partial charge in [-0.2, -0.15) is 0 Å². The number of rotatable bonds is 11. The molecule has 0 radical (unpaired) electrons. The molecule has 1 aliphatic heterocycles. The zero-order chi connectivity index (χ0) is 26.8. The molecule has 11 heteroatoms. The summed E-state index contributed by atoms with van der Waals surface area (Å²) in [6.07, 6.45) is 0.665. The van der Waals surface area contributed by atoms with E-state index >= 15 is 0 Å². The Hall–Kier alpha value is -3.63. The minimum Gasteiger partial charge on any atom is -0.490 e. The van der Waals surface area contributed by atoms with Crippen LogP contribution in [0.3, 0.4) is 0 Å². The number of anilines is 1. The first kappa shape index (κ1) is 27.9. The van der Waals surface area contributed by atoms with Gasteiger partial charge in [0.05, 0.1) is 17.1 Å². The number of hydrogen-bond acceptors (Lipinski definition) is 7. The van der Waals surface area contributed by atoms with Crippen LogP contribution < -0.4 is 15.0 Å². The van der Waals surface area contributed by atoms with Crippen molar-refractivity contribution in [3.05, 3.63) is 58.6 Å². The van der Waals surface area contributed by atoms with Crippen molar-refractivity contribution in [2.75, 3.05) is 51.5 Å². The van der Waals surface area contributed by atoms with Gasteiger partial charge in [0.1, 0.15) is 25.5 Å². The van der Waals surface area contributed by atoms with E-state index in [4.69, 9.17) is 25.8 Å². The minimum absolute atomic E-state index is 0.0853. The second-order valence-corrected chi connectivity index (χ2v) is 8.70. The maximum absolute atomic E-state index is 13.5. The Labute approximate surface area is 220 Å². The van der Waals surface area contributed by atoms with E-state index in [2.05, 4.69) is 5.32 Å². The molecule has 37 heavy (non-hydrogen) atoms. The molecule has 3 rings (SSSR count). The number of ether oxygens (including phenoxy) is 3. The molecule has 0 fully saturated rings. The number of benzene rings is 2. The summed E-state index contributed by atoms with van der Waals surface area (Å²) in [6.45, 7) is 2.31. The lowest BCUT2D eigenvalue weighted by atomic mass is 10.1. The second kappa shape index (κ2) is 13.6. The Morgan fingerprint density at radius 3 is 2.57 bits per heavy atom. The number of fused-ring (bicyclic) bond motifs is 1. The molecule has 0 spiro atoms. The molecule has 1 aliphatic rings. The number of methoxy groups -OCH3 is 1. The lowest BCUT2D eigenvalue weighted by Crippen LogP contribution is -2.44. The average molecular weight is 532 g/mol. The number of carbonyl (C=O) groups is 4. The van der Waals surface area contributed by atoms with E-state index in [1.807, 2.05) is 12.1 Å². The van der Waals surface area contributed by atoms with Crippen LogP contribution in [-0.2, 0) is 30.4 Å². The molecule has 3 amide bonds. The molecule has 0 aliphatic carbocycles. The first-order valence-electron chi connectivity index (χ1n) is 11.8. The van der Waals surface area contributed by atoms with Gasteiger partial charge in [0.15, 0.2) is 0 Å². The third kappa shape index (κ3) is 7.93. The molecule has 0 saturated carbocycles. The first-order chi connectivity index (χ1) is 17.8. The molecule has 0 unspecified atom stereocenters. The number of hydrogen-bond donors (Lipinski definition) is 1. The van der Waals surface area contributed by atoms with Crippen LogP contribution in [0.25, 0.3) is 0 Å². The van der Waals surface area contributed by atoms with Crippen LogP contribution in [0.1, 0.15) is 29.3 Å². The lowest BCUT2D eigenvalue weighted by molar-refractivity contribution is -0.141. The fraction of sp³-hybridized carbons (Fsp3) is 0.385. The number of halogens is 1. The smallest absolute Gasteiger partial charge is 0.302 e. The molecule has 1 heterocycles. The maximum Gasteiger partial charge on any atom is 0.302 e. The largest absolute Gasteiger partial charge is 0.490 e. The van der Waals surface area contributed by atoms with Gasteiger partial charge >= 0.3 is 5.97 Å². The summed E-state index contributed by atoms with van der Waals surface area (Å²) in [4.78, 5) is 52.7. The van der Waals surface area contributed by atoms with Gasteiger partial charge in [-0.25, -0.2) is 0 Å². The Balaban J connectivity index is 1.73. The van der Waals surface area contributed by atoms with Gasteiger partial charge < -0.3 is 24.4 Å². The number of esters is 1. The molecule has 0 bridgehead atoms. The van der Waals surface area contributed by atoms with Crippen molar-refractivity contribution >= 4 is 41.0 Å². The highest BCUT2D eigenvalue weighted by molar-refractivity contribution is 6.34. The van der Waals surface area contributed by atoms with Gasteiger partial charge in [-0.15, -0.1) is 0 Å². The average Bonchev–Trinajstić information content (AvgIpc) is 3.00. The number of carbonyl (C=O) groups excluding carboxylic acids is 4. The highest BCUT2D eigenvalue weighted by atomic mass is 35.5. The minimum atomic E-state index is -0.455. The van der Waals surface area contributed by atoms with E-state index in [1.165, 1.54) is 28.9 Å². The van der Waals surface area contributed by atoms with Crippen molar-refractivity contribution in [2.24, 2.45) is 0 Å². The Morgan fingerprint density at radius 2 is 1.84 bits per heavy atom. The molecule has 0 atom stereocenters. The topological polar surface area (TPSA) is 114 Å². The fourth-order valence-corrected chi connectivity index (χ4v) is 4.02. The predicted octanol–water partition coefficient (Wildman–Crippen LogP) is 2.42. The first-order valence-corrected chi connectivity index (χ1v) is 12.2. The Kier molecular flexibility index (Phi) is 10.3. The van der Waals surface area contributed by atoms with Crippen LogP contribution in [0.4, 0.5) is 5.69 Å². The zero-order valence-corrected chi connectivity index (χ0v) is 21.6. The predicted molar refractivity (Wildman–Crippen MR) is 137 cm³/mol. The van der Waals surface area contributed by atoms with Crippen LogP contribution in [0.5, 0.6) is 5.75 Å². The third-order valence-corrected chi connectivity index (χ3v) is 5.86. The van der Waals surface area contributed by atoms with Gasteiger partial charge in [0.2, 0.25) is 11.8 Å². The van der Waals surface area contributed by atoms with Crippen molar-refractivity contribution in [2.45, 2.75) is 19.9 Å². The van der Waals surface area contributed by atoms with Gasteiger partial charge in [-0.3, -0.25) is 24.1 Å². The fourth-order valence-electron chi connectivity index (χ4n) is 3.77. The van der Waals surface area contributed by atoms with Crippen molar-refractivity contribution in [3.8, 4) is 5.75 Å². The van der Waals surface area contributed by atoms with Crippen LogP contribution in [-0.4, -0.2) is 75.2 Å². The molecule has 2 aromatic rings. The van der Waals surface area contributed by atoms with Gasteiger partial charge in [0.25, 0.3) is 5.91 Å². The lowest BCUT2D eigenvalue weighted by Gasteiger charge is -2.23. The second-order valence-electron chi connectivity index (χ2n) is 8.30. The molecule has 198 valence electrons. The van der Waals surface area contributed by atoms with Crippen LogP contribution in [0, 0.1) is 0 Å². The van der Waals surface area contributed by atoms with E-state index in [0.29, 0.717) is 31.0 Å². The quantitative estimate of drug-likeness (QED) is 0.350. The van der Waals surface area contributed by atoms with E-state index in [0.717, 1.165) is 5.56 Å². The molecular weight excluding hydrogens is 502 g/mol. The van der Waals surface area contributed by atoms with Crippen molar-refractivity contribution in [1.82, 2.24) is 10.2 Å². The number of nitrogens with zero attached hydrogens (tertiary/aromatic N) is 2. The van der Waals surface area contributed by atoms with Crippen LogP contribution in [0.2, 0.25) is 5.02 Å². The van der Waals surface area contributed by atoms with E-state index in [1.54, 1.807) is 25.3 Å². The summed E-state index contributed by atoms with van der Waals surface area (Å²) in [6, 6.07) is 11.8. The molecule has 0 saturated heterocycles. The highest BCUT2D eigenvalue weighted by Crippen LogP contribution is 2.30. The number of nitrogens with one attached hydrogen (secondary N) is 1. The SMILES string of the molecule is COCCCNC(=O)CN1Cc2ccccc2N(C(=O)c2ccc(OCCOC(C)=O)cc2Cl)CC1=O. The van der Waals surface area contributed by atoms with E-state index in [9.17, 15) is 19.2 Å². The number of amides is 3. The Morgan fingerprint density at radius 1 is 1.05 bits per heavy atom. The normalized spacial score (nSPS) is 13.0. The van der Waals surface area contributed by atoms with E-state index in [-0.39, 0.29) is 55.2 Å². The highest BCUT2D eigenvalue weighted by Gasteiger charge is 2.31. The summed E-state index contributed by atoms with van der Waals surface area (Å²) >= 11 is 6.41. The molecule has 1 N–H and O–H groups in total. The van der Waals surface area contributed by atoms with Crippen molar-refractivity contribution in [3.63, 3.8) is 0 Å². The maximum atomic E-state index is 13.5. The molecular formula is C26H30ClN3O7. The van der Waals surface area contributed by atoms with E-state index < -0.39 is 11.9 Å². The molecule has 10 nitrogen and oxygen atoms in total. The van der Waals surface area contributed by atoms with Gasteiger partial charge in [0, 0.05) is 39.4 Å². The summed E-state index contributed by atoms with van der Waals surface area (Å²) in [5.74, 6) is -1.10. The van der Waals surface area contributed by atoms with Crippen molar-refractivity contribution < 1.29 is 33.4 Å². The summed E-state index contributed by atoms with van der Waals surface area (Å²) in [5, 5.41) is 2.93. The standard InChI is InChI=1S/C26H30ClN3O7/c1-18(31)36-12-13-37-20-8-9-21(22(27)14-20)26(34)30-17-25(33)29(15-19-6-3-4-7-23(19)30)16-24(32)28-10-5-11-35-2/h3-4,6-9,14H,5,10-13,15-17H2,1-2H3,(H,28,32).